The Bertz CT molecular complexity index is 492. The molecule has 0 radical (unpaired) electrons. The number of ether oxygens (including phenoxy) is 1. The predicted octanol–water partition coefficient (Wildman–Crippen LogP) is 2.19. The molecule has 1 unspecified atom stereocenters. The van der Waals surface area contributed by atoms with Crippen LogP contribution in [-0.4, -0.2) is 29.2 Å². The van der Waals surface area contributed by atoms with Gasteiger partial charge in [0.1, 0.15) is 16.3 Å². The highest BCUT2D eigenvalue weighted by atomic mass is 16.6. The number of rotatable bonds is 6. The van der Waals surface area contributed by atoms with Crippen LogP contribution in [0.5, 0.6) is 0 Å². The molecule has 118 valence electrons. The number of nitrogens with zero attached hydrogens (tertiary/aromatic N) is 1. The van der Waals surface area contributed by atoms with Crippen molar-refractivity contribution in [3.05, 3.63) is 28.0 Å². The zero-order chi connectivity index (χ0) is 16.0. The molecular formula is C13H21N3O5. The lowest BCUT2D eigenvalue weighted by Crippen LogP contribution is -2.42. The average molecular weight is 299 g/mol. The number of furan rings is 1. The number of hydrogen-bond donors (Lipinski definition) is 2. The smallest absolute Gasteiger partial charge is 0.433 e. The van der Waals surface area contributed by atoms with Crippen LogP contribution in [-0.2, 0) is 11.3 Å². The zero-order valence-electron chi connectivity index (χ0n) is 12.6. The summed E-state index contributed by atoms with van der Waals surface area (Å²) in [7, 11) is 0. The van der Waals surface area contributed by atoms with Crippen molar-refractivity contribution in [2.75, 3.05) is 6.54 Å². The van der Waals surface area contributed by atoms with E-state index < -0.39 is 16.6 Å². The van der Waals surface area contributed by atoms with Gasteiger partial charge in [0.05, 0.1) is 12.6 Å². The molecule has 0 aliphatic carbocycles. The van der Waals surface area contributed by atoms with Gasteiger partial charge in [-0.15, -0.1) is 0 Å². The van der Waals surface area contributed by atoms with E-state index in [0.29, 0.717) is 18.8 Å². The van der Waals surface area contributed by atoms with Crippen molar-refractivity contribution in [1.29, 1.82) is 0 Å². The van der Waals surface area contributed by atoms with E-state index in [-0.39, 0.29) is 11.9 Å². The zero-order valence-corrected chi connectivity index (χ0v) is 12.6. The molecule has 1 amide bonds. The topological polar surface area (TPSA) is 107 Å². The number of hydrogen-bond acceptors (Lipinski definition) is 6. The molecule has 0 saturated heterocycles. The van der Waals surface area contributed by atoms with Crippen molar-refractivity contribution < 1.29 is 18.9 Å². The molecule has 8 nitrogen and oxygen atoms in total. The summed E-state index contributed by atoms with van der Waals surface area (Å²) in [4.78, 5) is 21.4. The third-order valence-corrected chi connectivity index (χ3v) is 2.34. The van der Waals surface area contributed by atoms with Crippen molar-refractivity contribution in [3.63, 3.8) is 0 Å². The second kappa shape index (κ2) is 7.07. The summed E-state index contributed by atoms with van der Waals surface area (Å²) in [6.07, 6.45) is -0.481. The van der Waals surface area contributed by atoms with E-state index in [9.17, 15) is 14.9 Å². The largest absolute Gasteiger partial charge is 0.444 e. The maximum atomic E-state index is 11.5. The fourth-order valence-corrected chi connectivity index (χ4v) is 1.53. The highest BCUT2D eigenvalue weighted by molar-refractivity contribution is 5.68. The minimum absolute atomic E-state index is 0.148. The van der Waals surface area contributed by atoms with E-state index in [1.165, 1.54) is 12.1 Å². The highest BCUT2D eigenvalue weighted by Gasteiger charge is 2.17. The van der Waals surface area contributed by atoms with E-state index in [2.05, 4.69) is 10.6 Å². The maximum absolute atomic E-state index is 11.5. The Morgan fingerprint density at radius 3 is 2.67 bits per heavy atom. The second-order valence-corrected chi connectivity index (χ2v) is 5.68. The van der Waals surface area contributed by atoms with Gasteiger partial charge in [-0.3, -0.25) is 10.1 Å². The van der Waals surface area contributed by atoms with Gasteiger partial charge in [0.15, 0.2) is 0 Å². The van der Waals surface area contributed by atoms with Crippen molar-refractivity contribution >= 4 is 12.0 Å². The molecule has 0 aliphatic heterocycles. The SMILES string of the molecule is CC(CNCc1ccc([N+](=O)[O-])o1)NC(=O)OC(C)(C)C. The standard InChI is InChI=1S/C13H21N3O5/c1-9(15-12(17)21-13(2,3)4)7-14-8-10-5-6-11(20-10)16(18)19/h5-6,9,14H,7-8H2,1-4H3,(H,15,17). The lowest BCUT2D eigenvalue weighted by atomic mass is 10.2. The molecule has 8 heteroatoms. The minimum Gasteiger partial charge on any atom is -0.444 e. The monoisotopic (exact) mass is 299 g/mol. The van der Waals surface area contributed by atoms with Crippen molar-refractivity contribution in [1.82, 2.24) is 10.6 Å². The van der Waals surface area contributed by atoms with Gasteiger partial charge >= 0.3 is 12.0 Å². The van der Waals surface area contributed by atoms with E-state index in [4.69, 9.17) is 9.15 Å². The van der Waals surface area contributed by atoms with Crippen molar-refractivity contribution in [2.45, 2.75) is 45.9 Å². The summed E-state index contributed by atoms with van der Waals surface area (Å²) in [5, 5.41) is 16.2. The Balaban J connectivity index is 2.28. The van der Waals surface area contributed by atoms with Gasteiger partial charge < -0.3 is 19.8 Å². The van der Waals surface area contributed by atoms with E-state index >= 15 is 0 Å². The second-order valence-electron chi connectivity index (χ2n) is 5.68. The fraction of sp³-hybridized carbons (Fsp3) is 0.615. The van der Waals surface area contributed by atoms with Crippen LogP contribution in [0.2, 0.25) is 0 Å². The lowest BCUT2D eigenvalue weighted by molar-refractivity contribution is -0.402. The third-order valence-electron chi connectivity index (χ3n) is 2.34. The van der Waals surface area contributed by atoms with Crippen LogP contribution in [0.1, 0.15) is 33.5 Å². The first-order valence-corrected chi connectivity index (χ1v) is 6.60. The van der Waals surface area contributed by atoms with Crippen molar-refractivity contribution in [3.8, 4) is 0 Å². The molecule has 1 atom stereocenters. The van der Waals surface area contributed by atoms with Gasteiger partial charge in [0.25, 0.3) is 0 Å². The molecule has 0 fully saturated rings. The molecular weight excluding hydrogens is 278 g/mol. The fourth-order valence-electron chi connectivity index (χ4n) is 1.53. The van der Waals surface area contributed by atoms with E-state index in [1.807, 2.05) is 6.92 Å². The quantitative estimate of drug-likeness (QED) is 0.616. The van der Waals surface area contributed by atoms with Gasteiger partial charge in [0.2, 0.25) is 0 Å². The lowest BCUT2D eigenvalue weighted by Gasteiger charge is -2.22. The summed E-state index contributed by atoms with van der Waals surface area (Å²) in [5.74, 6) is 0.179. The Labute approximate surface area is 123 Å². The predicted molar refractivity (Wildman–Crippen MR) is 75.9 cm³/mol. The summed E-state index contributed by atoms with van der Waals surface area (Å²) in [6, 6.07) is 2.70. The van der Waals surface area contributed by atoms with Crippen LogP contribution < -0.4 is 10.6 Å². The number of amides is 1. The highest BCUT2D eigenvalue weighted by Crippen LogP contribution is 2.15. The summed E-state index contributed by atoms with van der Waals surface area (Å²) >= 11 is 0. The van der Waals surface area contributed by atoms with Crippen molar-refractivity contribution in [2.24, 2.45) is 0 Å². The van der Waals surface area contributed by atoms with Crippen LogP contribution in [0.15, 0.2) is 16.5 Å². The molecule has 1 aromatic rings. The Kier molecular flexibility index (Phi) is 5.71. The van der Waals surface area contributed by atoms with Gasteiger partial charge in [0, 0.05) is 12.6 Å². The number of carbonyl (C=O) groups is 1. The maximum Gasteiger partial charge on any atom is 0.433 e. The van der Waals surface area contributed by atoms with Crippen LogP contribution in [0.3, 0.4) is 0 Å². The molecule has 0 aliphatic rings. The first-order chi connectivity index (χ1) is 9.67. The minimum atomic E-state index is -0.587. The Morgan fingerprint density at radius 2 is 2.14 bits per heavy atom. The third kappa shape index (κ3) is 6.75. The van der Waals surface area contributed by atoms with Gasteiger partial charge in [-0.25, -0.2) is 4.79 Å². The van der Waals surface area contributed by atoms with Gasteiger partial charge in [-0.1, -0.05) is 0 Å². The van der Waals surface area contributed by atoms with Gasteiger partial charge in [-0.2, -0.15) is 0 Å². The first-order valence-electron chi connectivity index (χ1n) is 6.60. The van der Waals surface area contributed by atoms with E-state index in [0.717, 1.165) is 0 Å². The van der Waals surface area contributed by atoms with E-state index in [1.54, 1.807) is 20.8 Å². The number of carbonyl (C=O) groups excluding carboxylic acids is 1. The molecule has 0 aromatic carbocycles. The molecule has 2 N–H and O–H groups in total. The Hall–Kier alpha value is -2.09. The molecule has 1 aromatic heterocycles. The summed E-state index contributed by atoms with van der Waals surface area (Å²) in [5.41, 5.74) is -0.537. The molecule has 0 spiro atoms. The van der Waals surface area contributed by atoms with Gasteiger partial charge in [-0.05, 0) is 33.8 Å². The summed E-state index contributed by atoms with van der Waals surface area (Å²) in [6.45, 7) is 8.02. The average Bonchev–Trinajstić information content (AvgIpc) is 2.74. The molecule has 1 heterocycles. The molecule has 21 heavy (non-hydrogen) atoms. The summed E-state index contributed by atoms with van der Waals surface area (Å²) < 4.78 is 10.1. The van der Waals surface area contributed by atoms with Crippen LogP contribution in [0.4, 0.5) is 10.7 Å². The van der Waals surface area contributed by atoms with Crippen LogP contribution in [0.25, 0.3) is 0 Å². The normalized spacial score (nSPS) is 12.8. The number of alkyl carbamates (subject to hydrolysis) is 1. The Morgan fingerprint density at radius 1 is 1.48 bits per heavy atom. The molecule has 0 bridgehead atoms. The number of nitro groups is 1. The van der Waals surface area contributed by atoms with Crippen LogP contribution >= 0.6 is 0 Å². The molecule has 1 rings (SSSR count). The number of nitrogens with one attached hydrogen (secondary N) is 2. The molecule has 0 saturated carbocycles. The first kappa shape index (κ1) is 17.0. The van der Waals surface area contributed by atoms with Crippen LogP contribution in [0, 0.1) is 10.1 Å².